The minimum absolute atomic E-state index is 0.0125. The molecule has 9 rings (SSSR count). The summed E-state index contributed by atoms with van der Waals surface area (Å²) in [6.45, 7) is 0. The highest BCUT2D eigenvalue weighted by Crippen LogP contribution is 2.46. The molecule has 0 bridgehead atoms. The molecule has 0 radical (unpaired) electrons. The molecule has 53 heavy (non-hydrogen) atoms. The molecule has 0 saturated heterocycles. The van der Waals surface area contributed by atoms with Crippen molar-refractivity contribution in [3.63, 3.8) is 0 Å². The molecular formula is C45H31O6S2-. The molecule has 1 aliphatic carbocycles. The van der Waals surface area contributed by atoms with Gasteiger partial charge in [-0.25, -0.2) is 8.42 Å². The number of rotatable bonds is 7. The summed E-state index contributed by atoms with van der Waals surface area (Å²) in [7, 11) is -9.42. The number of hydrogen-bond acceptors (Lipinski definition) is 6. The Morgan fingerprint density at radius 2 is 0.925 bits per heavy atom. The van der Waals surface area contributed by atoms with Gasteiger partial charge in [0.1, 0.15) is 20.8 Å². The monoisotopic (exact) mass is 731 g/mol. The van der Waals surface area contributed by atoms with Crippen LogP contribution in [0.1, 0.15) is 17.5 Å². The molecule has 260 valence electrons. The fourth-order valence-corrected chi connectivity index (χ4v) is 10.1. The summed E-state index contributed by atoms with van der Waals surface area (Å²) >= 11 is 0. The summed E-state index contributed by atoms with van der Waals surface area (Å²) < 4.78 is 73.0. The van der Waals surface area contributed by atoms with Crippen molar-refractivity contribution in [3.05, 3.63) is 163 Å². The fourth-order valence-electron chi connectivity index (χ4n) is 7.96. The van der Waals surface area contributed by atoms with Crippen molar-refractivity contribution in [2.75, 3.05) is 0 Å². The van der Waals surface area contributed by atoms with Gasteiger partial charge in [-0.3, -0.25) is 0 Å². The van der Waals surface area contributed by atoms with E-state index in [1.165, 1.54) is 6.07 Å². The first-order chi connectivity index (χ1) is 25.7. The van der Waals surface area contributed by atoms with Crippen molar-refractivity contribution in [2.24, 2.45) is 0 Å². The van der Waals surface area contributed by atoms with E-state index in [0.29, 0.717) is 52.6 Å². The Labute approximate surface area is 307 Å². The Morgan fingerprint density at radius 1 is 0.472 bits per heavy atom. The molecule has 6 nitrogen and oxygen atoms in total. The van der Waals surface area contributed by atoms with E-state index in [0.717, 1.165) is 49.5 Å². The van der Waals surface area contributed by atoms with Crippen LogP contribution in [0, 0.1) is 0 Å². The van der Waals surface area contributed by atoms with Crippen molar-refractivity contribution in [1.82, 2.24) is 0 Å². The van der Waals surface area contributed by atoms with E-state index in [2.05, 4.69) is 24.3 Å². The van der Waals surface area contributed by atoms with Crippen LogP contribution in [-0.2, 0) is 33.1 Å². The lowest BCUT2D eigenvalue weighted by Crippen LogP contribution is -2.15. The van der Waals surface area contributed by atoms with Crippen LogP contribution < -0.4 is 4.18 Å². The Hall–Kier alpha value is -5.80. The van der Waals surface area contributed by atoms with Gasteiger partial charge in [0.15, 0.2) is 0 Å². The van der Waals surface area contributed by atoms with E-state index in [1.807, 2.05) is 115 Å². The van der Waals surface area contributed by atoms with Gasteiger partial charge in [-0.05, 0) is 104 Å². The summed E-state index contributed by atoms with van der Waals surface area (Å²) in [5.74, 6) is 0.0239. The van der Waals surface area contributed by atoms with E-state index in [9.17, 15) is 13.0 Å². The Balaban J connectivity index is 1.39. The van der Waals surface area contributed by atoms with E-state index < -0.39 is 20.2 Å². The minimum Gasteiger partial charge on any atom is -0.744 e. The van der Waals surface area contributed by atoms with Crippen molar-refractivity contribution in [2.45, 2.75) is 29.1 Å². The van der Waals surface area contributed by atoms with Crippen molar-refractivity contribution in [1.29, 1.82) is 0 Å². The van der Waals surface area contributed by atoms with Crippen LogP contribution in [0.4, 0.5) is 0 Å². The summed E-state index contributed by atoms with van der Waals surface area (Å²) in [5, 5.41) is 5.72. The summed E-state index contributed by atoms with van der Waals surface area (Å²) in [6, 6.07) is 48.0. The zero-order valence-electron chi connectivity index (χ0n) is 28.3. The molecule has 8 heteroatoms. The highest BCUT2D eigenvalue weighted by Gasteiger charge is 2.32. The smallest absolute Gasteiger partial charge is 0.340 e. The Morgan fingerprint density at radius 3 is 1.45 bits per heavy atom. The van der Waals surface area contributed by atoms with Gasteiger partial charge in [0.05, 0.1) is 4.90 Å². The quantitative estimate of drug-likeness (QED) is 0.119. The third-order valence-electron chi connectivity index (χ3n) is 10.3. The first kappa shape index (κ1) is 33.1. The third-order valence-corrected chi connectivity index (χ3v) is 12.5. The first-order valence-electron chi connectivity index (χ1n) is 17.3. The number of fused-ring (bicyclic) bond motifs is 4. The molecule has 0 aromatic heterocycles. The van der Waals surface area contributed by atoms with Gasteiger partial charge in [0.2, 0.25) is 0 Å². The van der Waals surface area contributed by atoms with Crippen molar-refractivity contribution in [3.8, 4) is 39.1 Å². The molecule has 0 heterocycles. The average Bonchev–Trinajstić information content (AvgIpc) is 3.67. The van der Waals surface area contributed by atoms with Gasteiger partial charge < -0.3 is 8.74 Å². The molecule has 0 fully saturated rings. The molecule has 0 aliphatic heterocycles. The van der Waals surface area contributed by atoms with Crippen LogP contribution in [0.3, 0.4) is 0 Å². The number of benzene rings is 8. The predicted octanol–water partition coefficient (Wildman–Crippen LogP) is 10.3. The summed E-state index contributed by atoms with van der Waals surface area (Å²) in [5.41, 5.74) is 4.88. The SMILES string of the molecule is O=S(=O)([O-])c1ccc(OS(=O)(=O)c2c(-c3cccc4ccccc34)cc(-c3cccc4ccccc34)cc2-c2cccc3ccccc23)c2c1CCC2. The molecule has 0 atom stereocenters. The molecule has 1 aliphatic rings. The summed E-state index contributed by atoms with van der Waals surface area (Å²) in [4.78, 5) is -0.344. The Bertz CT molecular complexity index is 2890. The largest absolute Gasteiger partial charge is 0.744 e. The van der Waals surface area contributed by atoms with E-state index in [-0.39, 0.29) is 15.5 Å². The fraction of sp³-hybridized carbons (Fsp3) is 0.0667. The van der Waals surface area contributed by atoms with Gasteiger partial charge in [0.25, 0.3) is 0 Å². The lowest BCUT2D eigenvalue weighted by molar-refractivity contribution is 0.462. The molecule has 0 unspecified atom stereocenters. The van der Waals surface area contributed by atoms with Gasteiger partial charge in [0, 0.05) is 16.7 Å². The van der Waals surface area contributed by atoms with Crippen LogP contribution in [0.15, 0.2) is 161 Å². The molecule has 0 spiro atoms. The van der Waals surface area contributed by atoms with Gasteiger partial charge >= 0.3 is 10.1 Å². The minimum atomic E-state index is -4.77. The van der Waals surface area contributed by atoms with Gasteiger partial charge in [-0.2, -0.15) is 8.42 Å². The maximum atomic E-state index is 15.2. The normalized spacial score (nSPS) is 13.1. The highest BCUT2D eigenvalue weighted by atomic mass is 32.2. The second kappa shape index (κ2) is 12.7. The zero-order chi connectivity index (χ0) is 36.3. The number of hydrogen-bond donors (Lipinski definition) is 0. The standard InChI is InChI=1S/C45H32O6S2/c46-52(47,48)44-26-25-43(39-23-10-24-40(39)44)51-53(49,50)45-41(37-21-8-15-30-12-2-5-18-34(30)37)27-32(36-20-7-14-29-11-1-4-17-33(29)36)28-42(45)38-22-9-16-31-13-3-6-19-35(31)38/h1-9,11-22,25-28H,10,23-24H2,(H,46,47,48)/p-1. The van der Waals surface area contributed by atoms with Gasteiger partial charge in [-0.1, -0.05) is 127 Å². The van der Waals surface area contributed by atoms with E-state index in [1.54, 1.807) is 0 Å². The van der Waals surface area contributed by atoms with Gasteiger partial charge in [-0.15, -0.1) is 0 Å². The Kier molecular flexibility index (Phi) is 7.92. The van der Waals surface area contributed by atoms with E-state index >= 15 is 8.42 Å². The third kappa shape index (κ3) is 5.76. The second-order valence-corrected chi connectivity index (χ2v) is 16.2. The van der Waals surface area contributed by atoms with Crippen molar-refractivity contribution < 1.29 is 25.6 Å². The first-order valence-corrected chi connectivity index (χ1v) is 20.2. The van der Waals surface area contributed by atoms with Crippen LogP contribution >= 0.6 is 0 Å². The predicted molar refractivity (Wildman–Crippen MR) is 210 cm³/mol. The molecule has 0 N–H and O–H groups in total. The molecule has 8 aromatic rings. The lowest BCUT2D eigenvalue weighted by Gasteiger charge is -2.22. The lowest BCUT2D eigenvalue weighted by atomic mass is 9.88. The maximum absolute atomic E-state index is 15.2. The maximum Gasteiger partial charge on any atom is 0.340 e. The second-order valence-electron chi connectivity index (χ2n) is 13.3. The molecular weight excluding hydrogens is 701 g/mol. The molecule has 8 aromatic carbocycles. The highest BCUT2D eigenvalue weighted by molar-refractivity contribution is 7.87. The van der Waals surface area contributed by atoms with Crippen LogP contribution in [0.25, 0.3) is 65.7 Å². The molecule has 0 amide bonds. The van der Waals surface area contributed by atoms with Crippen LogP contribution in [-0.4, -0.2) is 21.4 Å². The van der Waals surface area contributed by atoms with E-state index in [4.69, 9.17) is 4.18 Å². The van der Waals surface area contributed by atoms with Crippen LogP contribution in [0.5, 0.6) is 5.75 Å². The molecule has 0 saturated carbocycles. The van der Waals surface area contributed by atoms with Crippen LogP contribution in [0.2, 0.25) is 0 Å². The topological polar surface area (TPSA) is 101 Å². The van der Waals surface area contributed by atoms with Crippen molar-refractivity contribution >= 4 is 52.6 Å². The zero-order valence-corrected chi connectivity index (χ0v) is 30.0. The summed E-state index contributed by atoms with van der Waals surface area (Å²) in [6.07, 6.45) is 1.29. The average molecular weight is 732 g/mol.